The molecule has 0 spiro atoms. The maximum atomic E-state index is 9.09. The minimum atomic E-state index is -0.484. The summed E-state index contributed by atoms with van der Waals surface area (Å²) < 4.78 is 0.874. The van der Waals surface area contributed by atoms with E-state index in [1.807, 2.05) is 38.3 Å². The fraction of sp³-hybridized carbons (Fsp3) is 0.375. The smallest absolute Gasteiger partial charge is 0.0781 e. The van der Waals surface area contributed by atoms with Crippen LogP contribution in [0.5, 0.6) is 0 Å². The van der Waals surface area contributed by atoms with Gasteiger partial charge in [0.1, 0.15) is 0 Å². The van der Waals surface area contributed by atoms with Crippen LogP contribution in [-0.4, -0.2) is 4.98 Å². The van der Waals surface area contributed by atoms with Gasteiger partial charge in [-0.2, -0.15) is 5.26 Å². The second-order valence-corrected chi connectivity index (χ2v) is 6.21. The first-order chi connectivity index (χ1) is 8.86. The summed E-state index contributed by atoms with van der Waals surface area (Å²) in [4.78, 5) is 4.47. The van der Waals surface area contributed by atoms with E-state index in [9.17, 15) is 0 Å². The van der Waals surface area contributed by atoms with E-state index in [1.54, 1.807) is 0 Å². The van der Waals surface area contributed by atoms with E-state index in [2.05, 4.69) is 46.6 Å². The number of pyridine rings is 1. The van der Waals surface area contributed by atoms with Crippen molar-refractivity contribution in [3.05, 3.63) is 52.8 Å². The molecule has 0 N–H and O–H groups in total. The molecule has 1 unspecified atom stereocenters. The molecule has 19 heavy (non-hydrogen) atoms. The molecule has 2 nitrogen and oxygen atoms in total. The average Bonchev–Trinajstić information content (AvgIpc) is 2.38. The van der Waals surface area contributed by atoms with Gasteiger partial charge < -0.3 is 0 Å². The van der Waals surface area contributed by atoms with E-state index in [0.717, 1.165) is 22.2 Å². The van der Waals surface area contributed by atoms with E-state index in [0.29, 0.717) is 5.92 Å². The maximum Gasteiger partial charge on any atom is 0.0781 e. The number of hydrogen-bond acceptors (Lipinski definition) is 2. The minimum absolute atomic E-state index is 0.349. The largest absolute Gasteiger partial charge is 0.261 e. The van der Waals surface area contributed by atoms with Crippen LogP contribution in [0, 0.1) is 11.3 Å². The standard InChI is InChI=1S/C16H19BrN2/c1-12(6-5-7-13(2)17)15-9-8-14(10-19-15)16(3,4)11-18/h5,7-10,12H,2,6H2,1,3-4H3. The van der Waals surface area contributed by atoms with Gasteiger partial charge in [0.2, 0.25) is 0 Å². The number of halogens is 1. The Morgan fingerprint density at radius 3 is 2.74 bits per heavy atom. The second kappa shape index (κ2) is 6.68. The summed E-state index contributed by atoms with van der Waals surface area (Å²) in [7, 11) is 0. The average molecular weight is 319 g/mol. The van der Waals surface area contributed by atoms with Crippen LogP contribution < -0.4 is 0 Å². The zero-order valence-electron chi connectivity index (χ0n) is 11.7. The van der Waals surface area contributed by atoms with Gasteiger partial charge in [0.15, 0.2) is 0 Å². The lowest BCUT2D eigenvalue weighted by atomic mass is 9.87. The fourth-order valence-corrected chi connectivity index (χ4v) is 1.84. The van der Waals surface area contributed by atoms with E-state index < -0.39 is 5.41 Å². The van der Waals surface area contributed by atoms with Gasteiger partial charge in [0.05, 0.1) is 11.5 Å². The molecular weight excluding hydrogens is 300 g/mol. The van der Waals surface area contributed by atoms with Gasteiger partial charge in [-0.1, -0.05) is 47.7 Å². The molecule has 0 amide bonds. The van der Waals surface area contributed by atoms with Gasteiger partial charge in [-0.05, 0) is 31.9 Å². The monoisotopic (exact) mass is 318 g/mol. The lowest BCUT2D eigenvalue weighted by Gasteiger charge is -2.16. The summed E-state index contributed by atoms with van der Waals surface area (Å²) in [5.74, 6) is 0.349. The Hall–Kier alpha value is -1.40. The molecule has 0 saturated carbocycles. The predicted molar refractivity (Wildman–Crippen MR) is 83.1 cm³/mol. The van der Waals surface area contributed by atoms with Crippen LogP contribution in [0.1, 0.15) is 44.4 Å². The SMILES string of the molecule is C=C(Br)C=CCC(C)c1ccc(C(C)(C)C#N)cn1. The van der Waals surface area contributed by atoms with Crippen molar-refractivity contribution >= 4 is 15.9 Å². The Kier molecular flexibility index (Phi) is 5.50. The molecule has 0 aliphatic carbocycles. The first kappa shape index (κ1) is 15.7. The van der Waals surface area contributed by atoms with E-state index in [4.69, 9.17) is 5.26 Å². The van der Waals surface area contributed by atoms with Crippen molar-refractivity contribution in [3.63, 3.8) is 0 Å². The van der Waals surface area contributed by atoms with Crippen molar-refractivity contribution in [1.29, 1.82) is 5.26 Å². The molecule has 3 heteroatoms. The molecule has 1 aromatic rings. The molecule has 1 aromatic heterocycles. The van der Waals surface area contributed by atoms with E-state index >= 15 is 0 Å². The number of nitriles is 1. The third kappa shape index (κ3) is 4.65. The number of hydrogen-bond donors (Lipinski definition) is 0. The van der Waals surface area contributed by atoms with Crippen molar-refractivity contribution < 1.29 is 0 Å². The number of rotatable bonds is 5. The van der Waals surface area contributed by atoms with Crippen molar-refractivity contribution in [3.8, 4) is 6.07 Å². The molecule has 1 heterocycles. The quantitative estimate of drug-likeness (QED) is 0.728. The van der Waals surface area contributed by atoms with E-state index in [-0.39, 0.29) is 0 Å². The molecule has 1 rings (SSSR count). The zero-order chi connectivity index (χ0) is 14.5. The Morgan fingerprint density at radius 2 is 2.26 bits per heavy atom. The first-order valence-corrected chi connectivity index (χ1v) is 7.04. The van der Waals surface area contributed by atoms with Crippen molar-refractivity contribution in [2.24, 2.45) is 0 Å². The summed E-state index contributed by atoms with van der Waals surface area (Å²) >= 11 is 3.29. The Bertz CT molecular complexity index is 507. The predicted octanol–water partition coefficient (Wildman–Crippen LogP) is 4.84. The van der Waals surface area contributed by atoms with Gasteiger partial charge in [0.25, 0.3) is 0 Å². The van der Waals surface area contributed by atoms with Gasteiger partial charge in [-0.25, -0.2) is 0 Å². The third-order valence-electron chi connectivity index (χ3n) is 3.08. The molecule has 1 atom stereocenters. The molecule has 100 valence electrons. The highest BCUT2D eigenvalue weighted by molar-refractivity contribution is 9.11. The summed E-state index contributed by atoms with van der Waals surface area (Å²) in [5, 5.41) is 9.09. The van der Waals surface area contributed by atoms with Gasteiger partial charge in [-0.3, -0.25) is 4.98 Å². The summed E-state index contributed by atoms with van der Waals surface area (Å²) in [6.45, 7) is 9.69. The first-order valence-electron chi connectivity index (χ1n) is 6.25. The normalized spacial score (nSPS) is 13.2. The molecule has 0 bridgehead atoms. The zero-order valence-corrected chi connectivity index (χ0v) is 13.2. The molecule has 0 fully saturated rings. The Balaban J connectivity index is 2.77. The third-order valence-corrected chi connectivity index (χ3v) is 3.35. The summed E-state index contributed by atoms with van der Waals surface area (Å²) in [5.41, 5.74) is 1.51. The van der Waals surface area contributed by atoms with Gasteiger partial charge in [-0.15, -0.1) is 0 Å². The molecule has 0 aliphatic heterocycles. The van der Waals surface area contributed by atoms with Crippen LogP contribution >= 0.6 is 15.9 Å². The van der Waals surface area contributed by atoms with Crippen molar-refractivity contribution in [1.82, 2.24) is 4.98 Å². The molecule has 0 saturated heterocycles. The topological polar surface area (TPSA) is 36.7 Å². The van der Waals surface area contributed by atoms with Crippen LogP contribution in [0.3, 0.4) is 0 Å². The van der Waals surface area contributed by atoms with E-state index in [1.165, 1.54) is 0 Å². The van der Waals surface area contributed by atoms with Crippen molar-refractivity contribution in [2.45, 2.75) is 38.5 Å². The van der Waals surface area contributed by atoms with Crippen LogP contribution in [0.4, 0.5) is 0 Å². The summed E-state index contributed by atoms with van der Waals surface area (Å²) in [6.07, 6.45) is 6.75. The lowest BCUT2D eigenvalue weighted by molar-refractivity contribution is 0.675. The van der Waals surface area contributed by atoms with Crippen LogP contribution in [0.25, 0.3) is 0 Å². The Morgan fingerprint density at radius 1 is 1.58 bits per heavy atom. The second-order valence-electron chi connectivity index (χ2n) is 5.19. The highest BCUT2D eigenvalue weighted by atomic mass is 79.9. The van der Waals surface area contributed by atoms with Gasteiger partial charge >= 0.3 is 0 Å². The highest BCUT2D eigenvalue weighted by Gasteiger charge is 2.20. The van der Waals surface area contributed by atoms with Gasteiger partial charge in [0, 0.05) is 22.3 Å². The number of nitrogens with zero attached hydrogens (tertiary/aromatic N) is 2. The van der Waals surface area contributed by atoms with Crippen LogP contribution in [0.2, 0.25) is 0 Å². The molecule has 0 aromatic carbocycles. The summed E-state index contributed by atoms with van der Waals surface area (Å²) in [6, 6.07) is 6.29. The Labute approximate surface area is 124 Å². The molecular formula is C16H19BrN2. The fourth-order valence-electron chi connectivity index (χ4n) is 1.65. The molecule has 0 aliphatic rings. The highest BCUT2D eigenvalue weighted by Crippen LogP contribution is 2.24. The van der Waals surface area contributed by atoms with Crippen LogP contribution in [-0.2, 0) is 5.41 Å². The van der Waals surface area contributed by atoms with Crippen molar-refractivity contribution in [2.75, 3.05) is 0 Å². The maximum absolute atomic E-state index is 9.09. The van der Waals surface area contributed by atoms with Crippen LogP contribution in [0.15, 0.2) is 41.5 Å². The molecule has 0 radical (unpaired) electrons. The minimum Gasteiger partial charge on any atom is -0.261 e. The lowest BCUT2D eigenvalue weighted by Crippen LogP contribution is -2.14. The number of aromatic nitrogens is 1. The number of allylic oxidation sites excluding steroid dienone is 3.